The van der Waals surface area contributed by atoms with Crippen LogP contribution in [0.3, 0.4) is 0 Å². The van der Waals surface area contributed by atoms with E-state index < -0.39 is 10.0 Å². The van der Waals surface area contributed by atoms with Gasteiger partial charge in [-0.25, -0.2) is 12.7 Å². The molecular formula is C25H29N3O3S. The second-order valence-corrected chi connectivity index (χ2v) is 10.5. The Kier molecular flexibility index (Phi) is 6.60. The predicted octanol–water partition coefficient (Wildman–Crippen LogP) is 3.54. The van der Waals surface area contributed by atoms with Crippen molar-refractivity contribution in [1.82, 2.24) is 14.5 Å². The third-order valence-electron chi connectivity index (χ3n) is 6.10. The molecule has 1 aliphatic rings. The van der Waals surface area contributed by atoms with Crippen molar-refractivity contribution in [2.45, 2.75) is 30.3 Å². The van der Waals surface area contributed by atoms with E-state index in [4.69, 9.17) is 0 Å². The van der Waals surface area contributed by atoms with Crippen molar-refractivity contribution in [2.24, 2.45) is 0 Å². The fraction of sp³-hybridized carbons (Fsp3) is 0.320. The molecular weight excluding hydrogens is 422 g/mol. The van der Waals surface area contributed by atoms with Crippen molar-refractivity contribution in [2.75, 3.05) is 27.2 Å². The molecule has 7 heteroatoms. The fourth-order valence-corrected chi connectivity index (χ4v) is 5.56. The second kappa shape index (κ2) is 9.40. The van der Waals surface area contributed by atoms with Gasteiger partial charge in [0.15, 0.2) is 0 Å². The molecule has 3 aromatic rings. The minimum atomic E-state index is -3.57. The van der Waals surface area contributed by atoms with E-state index in [-0.39, 0.29) is 29.9 Å². The molecule has 0 radical (unpaired) electrons. The van der Waals surface area contributed by atoms with Gasteiger partial charge in [0.1, 0.15) is 0 Å². The van der Waals surface area contributed by atoms with Crippen LogP contribution in [0.25, 0.3) is 10.8 Å². The van der Waals surface area contributed by atoms with Crippen LogP contribution in [0.5, 0.6) is 0 Å². The molecule has 1 N–H and O–H groups in total. The summed E-state index contributed by atoms with van der Waals surface area (Å²) in [5.74, 6) is -0.103. The number of carbonyl (C=O) groups is 1. The molecule has 32 heavy (non-hydrogen) atoms. The molecule has 0 aromatic heterocycles. The van der Waals surface area contributed by atoms with E-state index in [1.165, 1.54) is 34.7 Å². The second-order valence-electron chi connectivity index (χ2n) is 8.37. The van der Waals surface area contributed by atoms with Crippen molar-refractivity contribution < 1.29 is 13.2 Å². The zero-order valence-electron chi connectivity index (χ0n) is 18.5. The Balaban J connectivity index is 1.46. The SMILES string of the molecule is CN(C)S(=O)(=O)c1ccccc1CNC(=O)CN1CCCC1c1cccc2ccccc12. The highest BCUT2D eigenvalue weighted by Crippen LogP contribution is 2.35. The maximum absolute atomic E-state index is 12.8. The number of benzene rings is 3. The Bertz CT molecular complexity index is 1220. The largest absolute Gasteiger partial charge is 0.351 e. The van der Waals surface area contributed by atoms with Crippen molar-refractivity contribution in [3.8, 4) is 0 Å². The molecule has 3 aromatic carbocycles. The molecule has 1 atom stereocenters. The molecule has 1 fully saturated rings. The van der Waals surface area contributed by atoms with Crippen LogP contribution in [0.4, 0.5) is 0 Å². The lowest BCUT2D eigenvalue weighted by Crippen LogP contribution is -2.37. The molecule has 1 heterocycles. The fourth-order valence-electron chi connectivity index (χ4n) is 4.44. The zero-order chi connectivity index (χ0) is 22.7. The maximum atomic E-state index is 12.8. The van der Waals surface area contributed by atoms with Crippen LogP contribution in [0.1, 0.15) is 30.0 Å². The monoisotopic (exact) mass is 451 g/mol. The van der Waals surface area contributed by atoms with E-state index in [1.54, 1.807) is 24.3 Å². The molecule has 1 saturated heterocycles. The summed E-state index contributed by atoms with van der Waals surface area (Å²) in [6.45, 7) is 1.33. The summed E-state index contributed by atoms with van der Waals surface area (Å²) in [5, 5.41) is 5.36. The first-order chi connectivity index (χ1) is 15.4. The van der Waals surface area contributed by atoms with Crippen LogP contribution in [0.15, 0.2) is 71.6 Å². The molecule has 4 rings (SSSR count). The van der Waals surface area contributed by atoms with Gasteiger partial charge in [0.05, 0.1) is 11.4 Å². The number of rotatable bonds is 7. The van der Waals surface area contributed by atoms with Gasteiger partial charge >= 0.3 is 0 Å². The minimum absolute atomic E-state index is 0.103. The lowest BCUT2D eigenvalue weighted by molar-refractivity contribution is -0.122. The van der Waals surface area contributed by atoms with Crippen LogP contribution in [-0.2, 0) is 21.4 Å². The number of carbonyl (C=O) groups excluding carboxylic acids is 1. The van der Waals surface area contributed by atoms with Gasteiger partial charge in [-0.2, -0.15) is 0 Å². The van der Waals surface area contributed by atoms with Gasteiger partial charge in [-0.3, -0.25) is 9.69 Å². The molecule has 1 amide bonds. The van der Waals surface area contributed by atoms with E-state index >= 15 is 0 Å². The molecule has 168 valence electrons. The zero-order valence-corrected chi connectivity index (χ0v) is 19.3. The first-order valence-corrected chi connectivity index (χ1v) is 12.3. The van der Waals surface area contributed by atoms with E-state index in [1.807, 2.05) is 6.07 Å². The summed E-state index contributed by atoms with van der Waals surface area (Å²) >= 11 is 0. The number of fused-ring (bicyclic) bond motifs is 1. The highest BCUT2D eigenvalue weighted by Gasteiger charge is 2.29. The van der Waals surface area contributed by atoms with Crippen LogP contribution in [-0.4, -0.2) is 50.7 Å². The topological polar surface area (TPSA) is 69.7 Å². The van der Waals surface area contributed by atoms with E-state index in [0.29, 0.717) is 5.56 Å². The predicted molar refractivity (Wildman–Crippen MR) is 127 cm³/mol. The number of amides is 1. The van der Waals surface area contributed by atoms with Crippen molar-refractivity contribution in [3.63, 3.8) is 0 Å². The summed E-state index contributed by atoms with van der Waals surface area (Å²) in [6, 6.07) is 21.7. The first-order valence-electron chi connectivity index (χ1n) is 10.9. The van der Waals surface area contributed by atoms with Gasteiger partial charge in [-0.15, -0.1) is 0 Å². The maximum Gasteiger partial charge on any atom is 0.242 e. The highest BCUT2D eigenvalue weighted by molar-refractivity contribution is 7.89. The average Bonchev–Trinajstić information content (AvgIpc) is 3.25. The van der Waals surface area contributed by atoms with Gasteiger partial charge in [0.2, 0.25) is 15.9 Å². The quantitative estimate of drug-likeness (QED) is 0.597. The van der Waals surface area contributed by atoms with Crippen LogP contribution < -0.4 is 5.32 Å². The number of likely N-dealkylation sites (tertiary alicyclic amines) is 1. The summed E-state index contributed by atoms with van der Waals surface area (Å²) in [6.07, 6.45) is 2.07. The Morgan fingerprint density at radius 2 is 1.75 bits per heavy atom. The molecule has 0 spiro atoms. The van der Waals surface area contributed by atoms with Gasteiger partial charge in [-0.1, -0.05) is 60.7 Å². The number of nitrogens with zero attached hydrogens (tertiary/aromatic N) is 2. The lowest BCUT2D eigenvalue weighted by Gasteiger charge is -2.25. The summed E-state index contributed by atoms with van der Waals surface area (Å²) in [7, 11) is -0.561. The van der Waals surface area contributed by atoms with E-state index in [0.717, 1.165) is 19.4 Å². The Hall–Kier alpha value is -2.74. The van der Waals surface area contributed by atoms with E-state index in [2.05, 4.69) is 46.6 Å². The Labute approximate surface area is 189 Å². The summed E-state index contributed by atoms with van der Waals surface area (Å²) < 4.78 is 26.4. The molecule has 1 aliphatic heterocycles. The van der Waals surface area contributed by atoms with Gasteiger partial charge in [0.25, 0.3) is 0 Å². The van der Waals surface area contributed by atoms with Crippen molar-refractivity contribution >= 4 is 26.7 Å². The lowest BCUT2D eigenvalue weighted by atomic mass is 9.97. The number of sulfonamides is 1. The molecule has 6 nitrogen and oxygen atoms in total. The van der Waals surface area contributed by atoms with Crippen LogP contribution in [0, 0.1) is 0 Å². The third kappa shape index (κ3) is 4.55. The Morgan fingerprint density at radius 1 is 1.03 bits per heavy atom. The number of nitrogens with one attached hydrogen (secondary N) is 1. The molecule has 1 unspecified atom stereocenters. The molecule has 0 saturated carbocycles. The molecule has 0 aliphatic carbocycles. The van der Waals surface area contributed by atoms with Gasteiger partial charge in [0, 0.05) is 26.7 Å². The number of hydrogen-bond donors (Lipinski definition) is 1. The number of hydrogen-bond acceptors (Lipinski definition) is 4. The van der Waals surface area contributed by atoms with E-state index in [9.17, 15) is 13.2 Å². The van der Waals surface area contributed by atoms with Crippen LogP contribution in [0.2, 0.25) is 0 Å². The molecule has 0 bridgehead atoms. The van der Waals surface area contributed by atoms with Crippen molar-refractivity contribution in [1.29, 1.82) is 0 Å². The van der Waals surface area contributed by atoms with Crippen LogP contribution >= 0.6 is 0 Å². The van der Waals surface area contributed by atoms with Gasteiger partial charge < -0.3 is 5.32 Å². The summed E-state index contributed by atoms with van der Waals surface area (Å²) in [4.78, 5) is 15.2. The summed E-state index contributed by atoms with van der Waals surface area (Å²) in [5.41, 5.74) is 1.84. The third-order valence-corrected chi connectivity index (χ3v) is 8.02. The normalized spacial score (nSPS) is 17.2. The highest BCUT2D eigenvalue weighted by atomic mass is 32.2. The smallest absolute Gasteiger partial charge is 0.242 e. The first kappa shape index (κ1) is 22.5. The minimum Gasteiger partial charge on any atom is -0.351 e. The Morgan fingerprint density at radius 3 is 2.56 bits per heavy atom. The van der Waals surface area contributed by atoms with Crippen molar-refractivity contribution in [3.05, 3.63) is 77.9 Å². The average molecular weight is 452 g/mol. The van der Waals surface area contributed by atoms with Gasteiger partial charge in [-0.05, 0) is 47.4 Å². The standard InChI is InChI=1S/C25H29N3O3S/c1-27(2)32(30,31)24-15-6-4-10-20(24)17-26-25(29)18-28-16-8-14-23(28)22-13-7-11-19-9-3-5-12-21(19)22/h3-7,9-13,15,23H,8,14,16-18H2,1-2H3,(H,26,29).